The summed E-state index contributed by atoms with van der Waals surface area (Å²) in [5.74, 6) is -3.57. The smallest absolute Gasteiger partial charge is 0.328 e. The summed E-state index contributed by atoms with van der Waals surface area (Å²) >= 11 is 0. The van der Waals surface area contributed by atoms with Crippen LogP contribution in [0.4, 0.5) is 0 Å². The fourth-order valence-corrected chi connectivity index (χ4v) is 5.65. The molecule has 0 amide bonds. The fourth-order valence-electron chi connectivity index (χ4n) is 5.65. The number of carboxylic acids is 4. The maximum Gasteiger partial charge on any atom is 0.328 e. The quantitative estimate of drug-likeness (QED) is 0.147. The molecule has 12 heteroatoms. The minimum absolute atomic E-state index is 0.242. The lowest BCUT2D eigenvalue weighted by Gasteiger charge is -2.44. The Balaban J connectivity index is 0.000000365. The predicted molar refractivity (Wildman–Crippen MR) is 167 cm³/mol. The van der Waals surface area contributed by atoms with E-state index >= 15 is 0 Å². The number of ketones is 1. The zero-order valence-corrected chi connectivity index (χ0v) is 25.7. The lowest BCUT2D eigenvalue weighted by Crippen LogP contribution is -2.54. The van der Waals surface area contributed by atoms with E-state index in [9.17, 15) is 24.0 Å². The van der Waals surface area contributed by atoms with Gasteiger partial charge in [0.2, 0.25) is 0 Å². The molecule has 4 rings (SSSR count). The number of rotatable bonds is 12. The van der Waals surface area contributed by atoms with Crippen LogP contribution in [-0.2, 0) is 19.2 Å². The number of piperidine rings is 1. The van der Waals surface area contributed by atoms with E-state index < -0.39 is 23.9 Å². The van der Waals surface area contributed by atoms with Crippen LogP contribution in [0.5, 0.6) is 5.75 Å². The van der Waals surface area contributed by atoms with Gasteiger partial charge in [0.25, 0.3) is 0 Å². The van der Waals surface area contributed by atoms with Crippen molar-refractivity contribution in [2.75, 3.05) is 39.3 Å². The van der Waals surface area contributed by atoms with E-state index in [-0.39, 0.29) is 5.92 Å². The number of hydrogen-bond acceptors (Lipinski definition) is 8. The maximum atomic E-state index is 12.6. The van der Waals surface area contributed by atoms with Gasteiger partial charge >= 0.3 is 23.9 Å². The highest BCUT2D eigenvalue weighted by Crippen LogP contribution is 2.27. The van der Waals surface area contributed by atoms with Crippen LogP contribution in [0.1, 0.15) is 74.6 Å². The number of unbranched alkanes of at least 4 members (excludes halogenated alkanes) is 1. The molecule has 1 atom stereocenters. The average molecular weight is 631 g/mol. The number of carboxylic acid groups (broad SMARTS) is 4. The van der Waals surface area contributed by atoms with E-state index in [2.05, 4.69) is 9.80 Å². The van der Waals surface area contributed by atoms with Crippen molar-refractivity contribution in [3.63, 3.8) is 0 Å². The molecule has 45 heavy (non-hydrogen) atoms. The second kappa shape index (κ2) is 20.8. The molecule has 0 aromatic heterocycles. The van der Waals surface area contributed by atoms with E-state index in [0.29, 0.717) is 30.1 Å². The van der Waals surface area contributed by atoms with Crippen LogP contribution in [0, 0.1) is 5.92 Å². The van der Waals surface area contributed by atoms with Gasteiger partial charge in [0, 0.05) is 61.5 Å². The molecule has 1 aromatic rings. The first kappa shape index (κ1) is 37.2. The number of aliphatic carboxylic acids is 4. The zero-order valence-electron chi connectivity index (χ0n) is 25.7. The van der Waals surface area contributed by atoms with Gasteiger partial charge in [-0.3, -0.25) is 9.69 Å². The number of nitrogens with zero attached hydrogens (tertiary/aromatic N) is 2. The number of benzene rings is 1. The van der Waals surface area contributed by atoms with Gasteiger partial charge < -0.3 is 30.1 Å². The molecule has 2 aliphatic heterocycles. The number of carbonyl (C=O) groups is 5. The molecule has 248 valence electrons. The molecule has 1 aliphatic carbocycles. The molecule has 4 N–H and O–H groups in total. The molecule has 0 spiro atoms. The van der Waals surface area contributed by atoms with Crippen LogP contribution in [0.2, 0.25) is 0 Å². The molecule has 1 unspecified atom stereocenters. The molecular formula is C33H46N2O10. The van der Waals surface area contributed by atoms with Gasteiger partial charge in [-0.25, -0.2) is 19.2 Å². The first-order valence-corrected chi connectivity index (χ1v) is 15.6. The summed E-state index contributed by atoms with van der Waals surface area (Å²) in [5, 5.41) is 31.2. The lowest BCUT2D eigenvalue weighted by atomic mass is 9.84. The van der Waals surface area contributed by atoms with Crippen molar-refractivity contribution >= 4 is 29.7 Å². The van der Waals surface area contributed by atoms with Crippen LogP contribution in [0.15, 0.2) is 48.6 Å². The standard InChI is InChI=1S/C25H38N2O2.2C4H4O4/c28-25(21-8-2-1-3-9-21)22-11-13-24(14-12-22)29-19-7-6-15-26-17-18-27-16-5-4-10-23(27)20-26;2*5-3(6)1-2-4(7)8/h11-14,21,23H,1-10,15-20H2;2*1-2H,(H,5,6)(H,7,8)/b;2*2-1+. The van der Waals surface area contributed by atoms with Crippen molar-refractivity contribution in [1.82, 2.24) is 9.80 Å². The molecule has 3 fully saturated rings. The second-order valence-corrected chi connectivity index (χ2v) is 11.3. The molecule has 2 heterocycles. The van der Waals surface area contributed by atoms with Crippen LogP contribution >= 0.6 is 0 Å². The zero-order chi connectivity index (χ0) is 33.0. The van der Waals surface area contributed by atoms with Crippen LogP contribution < -0.4 is 4.74 Å². The van der Waals surface area contributed by atoms with Crippen LogP contribution in [0.3, 0.4) is 0 Å². The fraction of sp³-hybridized carbons (Fsp3) is 0.545. The summed E-state index contributed by atoms with van der Waals surface area (Å²) in [6.45, 7) is 7.03. The number of Topliss-reactive ketones (excluding diaryl/α,β-unsaturated/α-hetero) is 1. The summed E-state index contributed by atoms with van der Waals surface area (Å²) in [5.41, 5.74) is 0.853. The lowest BCUT2D eigenvalue weighted by molar-refractivity contribution is -0.134. The number of hydrogen-bond donors (Lipinski definition) is 4. The summed E-state index contributed by atoms with van der Waals surface area (Å²) in [6.07, 6.45) is 14.5. The van der Waals surface area contributed by atoms with E-state index in [0.717, 1.165) is 43.2 Å². The minimum Gasteiger partial charge on any atom is -0.494 e. The summed E-state index contributed by atoms with van der Waals surface area (Å²) in [4.78, 5) is 56.2. The third kappa shape index (κ3) is 16.0. The van der Waals surface area contributed by atoms with Crippen LogP contribution in [0.25, 0.3) is 0 Å². The van der Waals surface area contributed by atoms with Gasteiger partial charge in [0.15, 0.2) is 5.78 Å². The van der Waals surface area contributed by atoms with E-state index in [1.807, 2.05) is 24.3 Å². The largest absolute Gasteiger partial charge is 0.494 e. The first-order chi connectivity index (χ1) is 21.5. The van der Waals surface area contributed by atoms with E-state index in [1.54, 1.807) is 0 Å². The molecule has 2 saturated heterocycles. The van der Waals surface area contributed by atoms with Crippen molar-refractivity contribution in [2.24, 2.45) is 5.92 Å². The Kier molecular flexibility index (Phi) is 17.2. The Morgan fingerprint density at radius 1 is 0.689 bits per heavy atom. The highest BCUT2D eigenvalue weighted by atomic mass is 16.5. The Labute approximate surface area is 264 Å². The third-order valence-electron chi connectivity index (χ3n) is 7.91. The maximum absolute atomic E-state index is 12.6. The predicted octanol–water partition coefficient (Wildman–Crippen LogP) is 4.20. The van der Waals surface area contributed by atoms with Gasteiger partial charge in [-0.2, -0.15) is 0 Å². The summed E-state index contributed by atoms with van der Waals surface area (Å²) < 4.78 is 5.92. The van der Waals surface area contributed by atoms with Crippen LogP contribution in [-0.4, -0.2) is 105 Å². The number of carbonyl (C=O) groups excluding carboxylic acids is 1. The number of fused-ring (bicyclic) bond motifs is 1. The molecule has 12 nitrogen and oxygen atoms in total. The third-order valence-corrected chi connectivity index (χ3v) is 7.91. The Bertz CT molecular complexity index is 1090. The highest BCUT2D eigenvalue weighted by Gasteiger charge is 2.28. The Morgan fingerprint density at radius 2 is 1.24 bits per heavy atom. The van der Waals surface area contributed by atoms with Gasteiger partial charge in [-0.05, 0) is 75.9 Å². The molecule has 0 bridgehead atoms. The van der Waals surface area contributed by atoms with Crippen molar-refractivity contribution in [3.05, 3.63) is 54.1 Å². The van der Waals surface area contributed by atoms with Gasteiger partial charge in [-0.15, -0.1) is 0 Å². The topological polar surface area (TPSA) is 182 Å². The molecular weight excluding hydrogens is 584 g/mol. The number of piperazine rings is 1. The SMILES string of the molecule is O=C(O)/C=C/C(=O)O.O=C(O)/C=C/C(=O)O.O=C(c1ccc(OCCCCN2CCN3CCCCC3C2)cc1)C1CCCCC1. The molecule has 3 aliphatic rings. The van der Waals surface area contributed by atoms with Gasteiger partial charge in [0.05, 0.1) is 6.61 Å². The summed E-state index contributed by atoms with van der Waals surface area (Å²) in [6, 6.07) is 8.66. The Hall–Kier alpha value is -4.03. The monoisotopic (exact) mass is 630 g/mol. The van der Waals surface area contributed by atoms with Crippen molar-refractivity contribution in [1.29, 1.82) is 0 Å². The van der Waals surface area contributed by atoms with Gasteiger partial charge in [0.1, 0.15) is 5.75 Å². The minimum atomic E-state index is -1.26. The second-order valence-electron chi connectivity index (χ2n) is 11.3. The summed E-state index contributed by atoms with van der Waals surface area (Å²) in [7, 11) is 0. The molecule has 0 radical (unpaired) electrons. The van der Waals surface area contributed by atoms with Crippen molar-refractivity contribution in [2.45, 2.75) is 70.3 Å². The molecule has 1 aromatic carbocycles. The van der Waals surface area contributed by atoms with Gasteiger partial charge in [-0.1, -0.05) is 25.7 Å². The average Bonchev–Trinajstić information content (AvgIpc) is 3.03. The normalized spacial score (nSPS) is 19.0. The number of ether oxygens (including phenoxy) is 1. The van der Waals surface area contributed by atoms with Crippen molar-refractivity contribution in [3.8, 4) is 5.75 Å². The Morgan fingerprint density at radius 3 is 1.80 bits per heavy atom. The first-order valence-electron chi connectivity index (χ1n) is 15.6. The highest BCUT2D eigenvalue weighted by molar-refractivity contribution is 5.98. The molecule has 1 saturated carbocycles. The van der Waals surface area contributed by atoms with Crippen molar-refractivity contribution < 1.29 is 49.1 Å². The van der Waals surface area contributed by atoms with E-state index in [4.69, 9.17) is 25.2 Å². The van der Waals surface area contributed by atoms with E-state index in [1.165, 1.54) is 77.7 Å².